The largest absolute Gasteiger partial charge is 0.670 e. The van der Waals surface area contributed by atoms with Gasteiger partial charge in [-0.3, -0.25) is 0 Å². The van der Waals surface area contributed by atoms with E-state index in [1.54, 1.807) is 36.7 Å². The Labute approximate surface area is 136 Å². The molecular weight excluding hydrogens is 306 g/mol. The molecule has 0 bridgehead atoms. The van der Waals surface area contributed by atoms with Gasteiger partial charge in [-0.1, -0.05) is 60.2 Å². The molecule has 0 fully saturated rings. The Morgan fingerprint density at radius 2 is 1.48 bits per heavy atom. The minimum absolute atomic E-state index is 0.291. The Bertz CT molecular complexity index is 876. The van der Waals surface area contributed by atoms with Crippen molar-refractivity contribution in [3.63, 3.8) is 0 Å². The highest BCUT2D eigenvalue weighted by Crippen LogP contribution is 2.33. The molecule has 2 aromatic rings. The van der Waals surface area contributed by atoms with Crippen LogP contribution in [0.4, 0.5) is 0 Å². The van der Waals surface area contributed by atoms with Crippen LogP contribution in [0.2, 0.25) is 0 Å². The normalized spacial score (nSPS) is 13.7. The third-order valence-electron chi connectivity index (χ3n) is 3.58. The summed E-state index contributed by atoms with van der Waals surface area (Å²) in [5, 5.41) is 3.98. The molecule has 23 heavy (non-hydrogen) atoms. The molecule has 1 aliphatic rings. The van der Waals surface area contributed by atoms with Gasteiger partial charge < -0.3 is 5.32 Å². The average molecular weight is 322 g/mol. The lowest BCUT2D eigenvalue weighted by Gasteiger charge is -2.18. The van der Waals surface area contributed by atoms with Gasteiger partial charge in [-0.2, -0.15) is 12.4 Å². The Kier molecular flexibility index (Phi) is 4.17. The Balaban J connectivity index is 2.24. The minimum Gasteiger partial charge on any atom is -0.670 e. The van der Waals surface area contributed by atoms with Crippen LogP contribution < -0.4 is 0 Å². The number of rotatable bonds is 3. The van der Waals surface area contributed by atoms with Crippen molar-refractivity contribution in [1.29, 1.82) is 0 Å². The average Bonchev–Trinajstić information content (AvgIpc) is 2.57. The molecule has 0 spiro atoms. The van der Waals surface area contributed by atoms with Crippen molar-refractivity contribution >= 4 is 14.7 Å². The van der Waals surface area contributed by atoms with Crippen molar-refractivity contribution in [1.82, 2.24) is 0 Å². The monoisotopic (exact) mass is 322 g/mol. The van der Waals surface area contributed by atoms with Crippen LogP contribution in [-0.4, -0.2) is 8.42 Å². The fourth-order valence-electron chi connectivity index (χ4n) is 2.41. The summed E-state index contributed by atoms with van der Waals surface area (Å²) in [7, 11) is -3.64. The van der Waals surface area contributed by atoms with Gasteiger partial charge in [0.1, 0.15) is 0 Å². The number of hydrogen-bond acceptors (Lipinski definition) is 2. The molecule has 0 atom stereocenters. The van der Waals surface area contributed by atoms with Crippen LogP contribution in [0.5, 0.6) is 0 Å². The molecular formula is C19H16NO2S-. The van der Waals surface area contributed by atoms with Gasteiger partial charge in [0.2, 0.25) is 9.84 Å². The van der Waals surface area contributed by atoms with Crippen LogP contribution in [0.15, 0.2) is 89.6 Å². The second kappa shape index (κ2) is 6.26. The Morgan fingerprint density at radius 3 is 2.09 bits per heavy atom. The Morgan fingerprint density at radius 1 is 0.870 bits per heavy atom. The summed E-state index contributed by atoms with van der Waals surface area (Å²) < 4.78 is 26.4. The molecule has 0 unspecified atom stereocenters. The molecule has 4 heteroatoms. The summed E-state index contributed by atoms with van der Waals surface area (Å²) in [6.45, 7) is 1.93. The number of sulfone groups is 1. The third kappa shape index (κ3) is 3.12. The SMILES string of the molecule is Cc1ccc(S(=O)(=O)C(=C2C=C[N-]C=C2)c2ccccc2)cc1. The van der Waals surface area contributed by atoms with Gasteiger partial charge in [0.15, 0.2) is 0 Å². The van der Waals surface area contributed by atoms with E-state index in [4.69, 9.17) is 0 Å². The highest BCUT2D eigenvalue weighted by molar-refractivity contribution is 8.00. The highest BCUT2D eigenvalue weighted by Gasteiger charge is 2.24. The van der Waals surface area contributed by atoms with Crippen molar-refractivity contribution in [2.24, 2.45) is 0 Å². The van der Waals surface area contributed by atoms with E-state index in [2.05, 4.69) is 5.32 Å². The lowest BCUT2D eigenvalue weighted by molar-refractivity contribution is 0.606. The van der Waals surface area contributed by atoms with E-state index in [0.717, 1.165) is 5.56 Å². The number of nitrogens with zero attached hydrogens (tertiary/aromatic N) is 1. The fourth-order valence-corrected chi connectivity index (χ4v) is 4.03. The second-order valence-electron chi connectivity index (χ2n) is 5.25. The molecule has 2 aromatic carbocycles. The molecule has 1 aliphatic heterocycles. The predicted molar refractivity (Wildman–Crippen MR) is 93.4 cm³/mol. The van der Waals surface area contributed by atoms with E-state index in [-0.39, 0.29) is 0 Å². The van der Waals surface area contributed by atoms with Gasteiger partial charge in [-0.05, 0) is 30.2 Å². The maximum Gasteiger partial charge on any atom is 0.207 e. The zero-order valence-electron chi connectivity index (χ0n) is 12.7. The van der Waals surface area contributed by atoms with Gasteiger partial charge in [0.05, 0.1) is 9.80 Å². The van der Waals surface area contributed by atoms with E-state index in [1.165, 1.54) is 0 Å². The van der Waals surface area contributed by atoms with Crippen molar-refractivity contribution in [3.05, 3.63) is 101 Å². The summed E-state index contributed by atoms with van der Waals surface area (Å²) in [5.41, 5.74) is 2.32. The van der Waals surface area contributed by atoms with E-state index in [0.29, 0.717) is 20.9 Å². The van der Waals surface area contributed by atoms with E-state index in [9.17, 15) is 8.42 Å². The van der Waals surface area contributed by atoms with Crippen molar-refractivity contribution in [2.45, 2.75) is 11.8 Å². The minimum atomic E-state index is -3.64. The molecule has 0 aromatic heterocycles. The van der Waals surface area contributed by atoms with E-state index >= 15 is 0 Å². The highest BCUT2D eigenvalue weighted by atomic mass is 32.2. The fraction of sp³-hybridized carbons (Fsp3) is 0.0526. The first kappa shape index (κ1) is 15.3. The molecule has 0 saturated carbocycles. The first-order valence-electron chi connectivity index (χ1n) is 7.23. The summed E-state index contributed by atoms with van der Waals surface area (Å²) in [6.07, 6.45) is 6.63. The van der Waals surface area contributed by atoms with Gasteiger partial charge >= 0.3 is 0 Å². The maximum atomic E-state index is 13.2. The van der Waals surface area contributed by atoms with Gasteiger partial charge in [0, 0.05) is 0 Å². The second-order valence-corrected chi connectivity index (χ2v) is 7.13. The standard InChI is InChI=1S/C19H16NO2S/c1-15-7-9-18(10-8-15)23(21,22)19(16-5-3-2-4-6-16)17-11-13-20-14-12-17/h2-14H,1H3/q-1. The van der Waals surface area contributed by atoms with Gasteiger partial charge in [-0.15, -0.1) is 0 Å². The maximum absolute atomic E-state index is 13.2. The van der Waals surface area contributed by atoms with E-state index in [1.807, 2.05) is 49.4 Å². The molecule has 0 saturated heterocycles. The summed E-state index contributed by atoms with van der Waals surface area (Å²) in [4.78, 5) is 0.586. The molecule has 0 amide bonds. The zero-order valence-corrected chi connectivity index (χ0v) is 13.5. The van der Waals surface area contributed by atoms with Crippen LogP contribution in [0, 0.1) is 6.92 Å². The molecule has 0 aliphatic carbocycles. The number of allylic oxidation sites excluding steroid dienone is 3. The molecule has 3 nitrogen and oxygen atoms in total. The van der Waals surface area contributed by atoms with Crippen LogP contribution in [0.1, 0.15) is 11.1 Å². The van der Waals surface area contributed by atoms with Crippen LogP contribution >= 0.6 is 0 Å². The van der Waals surface area contributed by atoms with Crippen LogP contribution in [-0.2, 0) is 9.84 Å². The van der Waals surface area contributed by atoms with Crippen LogP contribution in [0.3, 0.4) is 0 Å². The van der Waals surface area contributed by atoms with Crippen molar-refractivity contribution in [3.8, 4) is 0 Å². The van der Waals surface area contributed by atoms with E-state index < -0.39 is 9.84 Å². The topological polar surface area (TPSA) is 48.2 Å². The quantitative estimate of drug-likeness (QED) is 0.829. The lowest BCUT2D eigenvalue weighted by Crippen LogP contribution is -2.07. The molecule has 1 heterocycles. The van der Waals surface area contributed by atoms with Crippen LogP contribution in [0.25, 0.3) is 10.2 Å². The summed E-state index contributed by atoms with van der Waals surface area (Å²) >= 11 is 0. The molecule has 3 rings (SSSR count). The molecule has 0 radical (unpaired) electrons. The van der Waals surface area contributed by atoms with Crippen molar-refractivity contribution < 1.29 is 8.42 Å². The van der Waals surface area contributed by atoms with Gasteiger partial charge in [-0.25, -0.2) is 8.42 Å². The third-order valence-corrected chi connectivity index (χ3v) is 5.48. The van der Waals surface area contributed by atoms with Gasteiger partial charge in [0.25, 0.3) is 0 Å². The number of aryl methyl sites for hydroxylation is 1. The van der Waals surface area contributed by atoms with Crippen molar-refractivity contribution in [2.75, 3.05) is 0 Å². The number of benzene rings is 2. The first-order chi connectivity index (χ1) is 11.1. The lowest BCUT2D eigenvalue weighted by atomic mass is 10.1. The first-order valence-corrected chi connectivity index (χ1v) is 8.72. The zero-order chi connectivity index (χ0) is 16.3. The smallest absolute Gasteiger partial charge is 0.207 e. The predicted octanol–water partition coefficient (Wildman–Crippen LogP) is 4.59. The summed E-state index contributed by atoms with van der Waals surface area (Å²) in [6, 6.07) is 16.1. The number of hydrogen-bond donors (Lipinski definition) is 0. The molecule has 116 valence electrons. The molecule has 0 N–H and O–H groups in total. The Hall–Kier alpha value is -2.59. The summed E-state index contributed by atoms with van der Waals surface area (Å²) in [5.74, 6) is 0.